The Morgan fingerprint density at radius 1 is 1.13 bits per heavy atom. The molecule has 1 aromatic carbocycles. The molecule has 202 valence electrons. The fraction of sp³-hybridized carbons (Fsp3) is 0.292. The van der Waals surface area contributed by atoms with E-state index in [0.717, 1.165) is 12.1 Å². The smallest absolute Gasteiger partial charge is 0.418 e. The summed E-state index contributed by atoms with van der Waals surface area (Å²) in [7, 11) is 0. The van der Waals surface area contributed by atoms with E-state index in [1.165, 1.54) is 30.7 Å². The van der Waals surface area contributed by atoms with Crippen LogP contribution in [-0.2, 0) is 22.3 Å². The van der Waals surface area contributed by atoms with Gasteiger partial charge in [-0.3, -0.25) is 9.78 Å². The maximum absolute atomic E-state index is 13.2. The number of aromatic nitrogens is 3. The van der Waals surface area contributed by atoms with Crippen molar-refractivity contribution >= 4 is 23.3 Å². The van der Waals surface area contributed by atoms with Gasteiger partial charge < -0.3 is 26.2 Å². The molecule has 0 bridgehead atoms. The van der Waals surface area contributed by atoms with Crippen molar-refractivity contribution in [2.75, 3.05) is 18.5 Å². The molecule has 0 saturated carbocycles. The second-order valence-corrected chi connectivity index (χ2v) is 8.24. The molecule has 2 aromatic heterocycles. The van der Waals surface area contributed by atoms with Crippen molar-refractivity contribution in [2.45, 2.75) is 31.6 Å². The quantitative estimate of drug-likeness (QED) is 0.396. The molecule has 0 unspecified atom stereocenters. The van der Waals surface area contributed by atoms with Crippen molar-refractivity contribution in [3.8, 4) is 0 Å². The number of anilines is 2. The lowest BCUT2D eigenvalue weighted by Crippen LogP contribution is -2.44. The predicted molar refractivity (Wildman–Crippen MR) is 127 cm³/mol. The van der Waals surface area contributed by atoms with Gasteiger partial charge in [0.05, 0.1) is 40.9 Å². The van der Waals surface area contributed by atoms with E-state index >= 15 is 0 Å². The number of carbonyl (C=O) groups excluding carboxylic acids is 1. The lowest BCUT2D eigenvalue weighted by molar-refractivity contribution is -0.137. The third-order valence-corrected chi connectivity index (χ3v) is 5.30. The number of hydrogen-bond acceptors (Lipinski definition) is 7. The minimum atomic E-state index is -4.71. The maximum atomic E-state index is 13.2. The minimum Gasteiger partial charge on any atom is -0.662 e. The first-order valence-corrected chi connectivity index (χ1v) is 11.1. The summed E-state index contributed by atoms with van der Waals surface area (Å²) < 4.78 is 57.4. The Balaban J connectivity index is 0.000000336. The van der Waals surface area contributed by atoms with Crippen molar-refractivity contribution in [3.05, 3.63) is 83.1 Å². The van der Waals surface area contributed by atoms with Gasteiger partial charge in [-0.1, -0.05) is 0 Å². The summed E-state index contributed by atoms with van der Waals surface area (Å²) in [5.41, 5.74) is 6.14. The monoisotopic (exact) mass is 535 g/mol. The fourth-order valence-electron chi connectivity index (χ4n) is 3.21. The van der Waals surface area contributed by atoms with Crippen LogP contribution in [0.1, 0.15) is 33.9 Å². The summed E-state index contributed by atoms with van der Waals surface area (Å²) >= 11 is 0. The number of carboxylic acid groups (broad SMARTS) is 1. The number of amides is 1. The normalized spacial score (nSPS) is 16.8. The highest BCUT2D eigenvalue weighted by Gasteiger charge is 2.34. The highest BCUT2D eigenvalue weighted by Crippen LogP contribution is 2.36. The van der Waals surface area contributed by atoms with Crippen molar-refractivity contribution in [1.82, 2.24) is 20.3 Å². The molecule has 3 heterocycles. The number of aromatic carboxylic acids is 1. The van der Waals surface area contributed by atoms with E-state index in [4.69, 9.17) is 15.6 Å². The highest BCUT2D eigenvalue weighted by molar-refractivity contribution is 5.88. The van der Waals surface area contributed by atoms with Crippen LogP contribution in [-0.4, -0.2) is 50.7 Å². The number of nitrogens with one attached hydrogen (secondary N) is 3. The predicted octanol–water partition coefficient (Wildman–Crippen LogP) is 4.29. The van der Waals surface area contributed by atoms with E-state index in [9.17, 15) is 27.2 Å². The first kappa shape index (κ1) is 28.4. The molecule has 1 amide bonds. The Kier molecular flexibility index (Phi) is 8.91. The number of nitrogens with zero attached hydrogens (tertiary/aromatic N) is 3. The largest absolute Gasteiger partial charge is 0.662 e. The van der Waals surface area contributed by atoms with Crippen molar-refractivity contribution in [2.24, 2.45) is 0 Å². The SMILES string of the molecule is Cc1ncc(C(=O)O)cn1.[NH-][C@@]1(C(=O)NCc2ccc(Nc3ccc(F)cc3C(F)(F)F)cn2)CCOC1. The summed E-state index contributed by atoms with van der Waals surface area (Å²) in [6.07, 6.45) is -0.526. The number of pyridine rings is 1. The van der Waals surface area contributed by atoms with Gasteiger partial charge in [-0.15, -0.1) is 0 Å². The topological polar surface area (TPSA) is 150 Å². The fourth-order valence-corrected chi connectivity index (χ4v) is 3.21. The van der Waals surface area contributed by atoms with Gasteiger partial charge in [0.1, 0.15) is 11.6 Å². The summed E-state index contributed by atoms with van der Waals surface area (Å²) in [6.45, 7) is 2.17. The zero-order valence-electron chi connectivity index (χ0n) is 20.0. The second-order valence-electron chi connectivity index (χ2n) is 8.24. The molecular weight excluding hydrogens is 512 g/mol. The lowest BCUT2D eigenvalue weighted by Gasteiger charge is -2.30. The van der Waals surface area contributed by atoms with Crippen LogP contribution in [0.25, 0.3) is 5.73 Å². The van der Waals surface area contributed by atoms with Gasteiger partial charge in [-0.25, -0.2) is 19.2 Å². The molecule has 3 aromatic rings. The number of hydrogen-bond donors (Lipinski definition) is 3. The zero-order valence-corrected chi connectivity index (χ0v) is 20.0. The molecule has 0 spiro atoms. The Bertz CT molecular complexity index is 1260. The molecule has 1 aliphatic rings. The Morgan fingerprint density at radius 3 is 2.39 bits per heavy atom. The summed E-state index contributed by atoms with van der Waals surface area (Å²) in [5, 5.41) is 13.6. The van der Waals surface area contributed by atoms with Crippen LogP contribution in [0.15, 0.2) is 48.9 Å². The molecule has 1 atom stereocenters. The van der Waals surface area contributed by atoms with Gasteiger partial charge in [0, 0.05) is 25.6 Å². The first-order valence-electron chi connectivity index (χ1n) is 11.1. The van der Waals surface area contributed by atoms with Crippen LogP contribution in [0.2, 0.25) is 0 Å². The molecule has 1 aliphatic heterocycles. The maximum Gasteiger partial charge on any atom is 0.418 e. The van der Waals surface area contributed by atoms with Crippen molar-refractivity contribution in [1.29, 1.82) is 0 Å². The molecule has 10 nitrogen and oxygen atoms in total. The summed E-state index contributed by atoms with van der Waals surface area (Å²) in [4.78, 5) is 33.8. The lowest BCUT2D eigenvalue weighted by atomic mass is 9.99. The average molecular weight is 535 g/mol. The van der Waals surface area contributed by atoms with Crippen LogP contribution in [0.5, 0.6) is 0 Å². The van der Waals surface area contributed by atoms with E-state index in [1.54, 1.807) is 6.92 Å². The van der Waals surface area contributed by atoms with Crippen molar-refractivity contribution in [3.63, 3.8) is 0 Å². The summed E-state index contributed by atoms with van der Waals surface area (Å²) in [5.74, 6) is -1.87. The number of benzene rings is 1. The Hall–Kier alpha value is -4.17. The van der Waals surface area contributed by atoms with Crippen LogP contribution < -0.4 is 10.6 Å². The van der Waals surface area contributed by atoms with Crippen LogP contribution in [0.3, 0.4) is 0 Å². The van der Waals surface area contributed by atoms with Gasteiger partial charge >= 0.3 is 12.1 Å². The second kappa shape index (κ2) is 11.9. The standard InChI is InChI=1S/C18H17F4N4O2.C6H6N2O2/c19-11-1-4-15(14(7-11)18(20,21)22)26-13-3-2-12(24-9-13)8-25-16(27)17(23)5-6-28-10-17;1-4-7-2-5(3-8-4)6(9)10/h1-4,7,9,23,26H,5-6,8,10H2,(H,25,27);2-3H,1H3,(H,9,10)/q-1;/t17-;/m0./s1. The summed E-state index contributed by atoms with van der Waals surface area (Å²) in [6, 6.07) is 5.37. The molecule has 14 heteroatoms. The van der Waals surface area contributed by atoms with E-state index in [0.29, 0.717) is 30.6 Å². The zero-order chi connectivity index (χ0) is 27.9. The molecular formula is C24H23F4N6O4-. The van der Waals surface area contributed by atoms with E-state index < -0.39 is 35.0 Å². The van der Waals surface area contributed by atoms with E-state index in [1.807, 2.05) is 0 Å². The first-order chi connectivity index (χ1) is 17.9. The highest BCUT2D eigenvalue weighted by atomic mass is 19.4. The van der Waals surface area contributed by atoms with Gasteiger partial charge in [0.25, 0.3) is 0 Å². The molecule has 4 N–H and O–H groups in total. The molecule has 0 radical (unpaired) electrons. The number of ether oxygens (including phenoxy) is 1. The molecule has 4 rings (SSSR count). The van der Waals surface area contributed by atoms with Gasteiger partial charge in [0.2, 0.25) is 5.91 Å². The Morgan fingerprint density at radius 2 is 1.84 bits per heavy atom. The number of aryl methyl sites for hydroxylation is 1. The number of carboxylic acids is 1. The van der Waals surface area contributed by atoms with Crippen molar-refractivity contribution < 1.29 is 37.0 Å². The average Bonchev–Trinajstić information content (AvgIpc) is 3.32. The molecule has 0 aliphatic carbocycles. The number of alkyl halides is 3. The third-order valence-electron chi connectivity index (χ3n) is 5.30. The van der Waals surface area contributed by atoms with Gasteiger partial charge in [-0.2, -0.15) is 13.2 Å². The van der Waals surface area contributed by atoms with E-state index in [2.05, 4.69) is 25.6 Å². The Labute approximate surface area is 214 Å². The number of halogens is 4. The van der Waals surface area contributed by atoms with E-state index in [-0.39, 0.29) is 30.1 Å². The molecule has 38 heavy (non-hydrogen) atoms. The van der Waals surface area contributed by atoms with Gasteiger partial charge in [-0.05, 0) is 49.2 Å². The third kappa shape index (κ3) is 7.66. The van der Waals surface area contributed by atoms with Gasteiger partial charge in [0.15, 0.2) is 0 Å². The molecule has 1 saturated heterocycles. The molecule has 1 fully saturated rings. The van der Waals surface area contributed by atoms with Crippen LogP contribution in [0, 0.1) is 12.7 Å². The number of carbonyl (C=O) groups is 2. The number of rotatable bonds is 6. The van der Waals surface area contributed by atoms with Crippen LogP contribution >= 0.6 is 0 Å². The minimum absolute atomic E-state index is 0.0360. The van der Waals surface area contributed by atoms with Crippen LogP contribution in [0.4, 0.5) is 28.9 Å².